The van der Waals surface area contributed by atoms with Crippen LogP contribution >= 0.6 is 0 Å². The van der Waals surface area contributed by atoms with Crippen molar-refractivity contribution in [3.05, 3.63) is 54.0 Å². The highest BCUT2D eigenvalue weighted by Crippen LogP contribution is 2.24. The third kappa shape index (κ3) is 4.14. The quantitative estimate of drug-likeness (QED) is 0.651. The summed E-state index contributed by atoms with van der Waals surface area (Å²) >= 11 is 0. The number of pyridine rings is 1. The summed E-state index contributed by atoms with van der Waals surface area (Å²) in [6.07, 6.45) is 5.03. The molecule has 1 aliphatic rings. The van der Waals surface area contributed by atoms with E-state index in [-0.39, 0.29) is 24.3 Å². The molecule has 0 aliphatic carbocycles. The summed E-state index contributed by atoms with van der Waals surface area (Å²) < 4.78 is 16.8. The molecular weight excluding hydrogens is 358 g/mol. The molecule has 0 saturated carbocycles. The van der Waals surface area contributed by atoms with Gasteiger partial charge >= 0.3 is 0 Å². The monoisotopic (exact) mass is 381 g/mol. The van der Waals surface area contributed by atoms with Crippen molar-refractivity contribution >= 4 is 16.8 Å². The van der Waals surface area contributed by atoms with Crippen LogP contribution in [0.25, 0.3) is 10.9 Å². The number of nitrogens with zero attached hydrogens (tertiary/aromatic N) is 3. The number of hydrogen-bond donors (Lipinski definition) is 0. The Bertz CT molecular complexity index is 944. The van der Waals surface area contributed by atoms with E-state index in [2.05, 4.69) is 10.1 Å². The van der Waals surface area contributed by atoms with Gasteiger partial charge in [0.2, 0.25) is 0 Å². The third-order valence-corrected chi connectivity index (χ3v) is 4.84. The van der Waals surface area contributed by atoms with Gasteiger partial charge in [-0.15, -0.1) is 0 Å². The molecule has 1 aromatic carbocycles. The van der Waals surface area contributed by atoms with Gasteiger partial charge in [-0.1, -0.05) is 23.4 Å². The summed E-state index contributed by atoms with van der Waals surface area (Å²) in [5, 5.41) is 4.90. The number of likely N-dealkylation sites (N-methyl/N-ethyl adjacent to an activating group) is 1. The van der Waals surface area contributed by atoms with Crippen molar-refractivity contribution < 1.29 is 18.8 Å². The zero-order valence-electron chi connectivity index (χ0n) is 15.8. The topological polar surface area (TPSA) is 77.7 Å². The van der Waals surface area contributed by atoms with Crippen LogP contribution < -0.4 is 4.74 Å². The normalized spacial score (nSPS) is 16.8. The maximum absolute atomic E-state index is 12.6. The van der Waals surface area contributed by atoms with Crippen molar-refractivity contribution in [1.82, 2.24) is 15.0 Å². The van der Waals surface area contributed by atoms with Crippen molar-refractivity contribution in [3.8, 4) is 5.75 Å². The largest absolute Gasteiger partial charge is 0.483 e. The van der Waals surface area contributed by atoms with Crippen LogP contribution in [0.5, 0.6) is 5.75 Å². The Morgan fingerprint density at radius 2 is 2.18 bits per heavy atom. The summed E-state index contributed by atoms with van der Waals surface area (Å²) in [4.78, 5) is 18.6. The van der Waals surface area contributed by atoms with Crippen LogP contribution in [0, 0.1) is 0 Å². The average Bonchev–Trinajstić information content (AvgIpc) is 3.21. The van der Waals surface area contributed by atoms with Crippen LogP contribution in [-0.2, 0) is 11.3 Å². The Morgan fingerprint density at radius 3 is 3.04 bits per heavy atom. The van der Waals surface area contributed by atoms with Crippen LogP contribution in [0.2, 0.25) is 0 Å². The number of carbonyl (C=O) groups excluding carboxylic acids is 1. The molecule has 1 amide bonds. The van der Waals surface area contributed by atoms with Gasteiger partial charge in [0.05, 0.1) is 6.10 Å². The lowest BCUT2D eigenvalue weighted by molar-refractivity contribution is -0.000360. The van der Waals surface area contributed by atoms with Gasteiger partial charge in [-0.25, -0.2) is 0 Å². The molecule has 3 aromatic rings. The molecule has 1 fully saturated rings. The number of amides is 1. The Labute approximate surface area is 163 Å². The average molecular weight is 381 g/mol. The Kier molecular flexibility index (Phi) is 5.53. The maximum Gasteiger partial charge on any atom is 0.275 e. The van der Waals surface area contributed by atoms with Crippen molar-refractivity contribution in [2.45, 2.75) is 32.0 Å². The van der Waals surface area contributed by atoms with E-state index in [1.807, 2.05) is 30.3 Å². The highest BCUT2D eigenvalue weighted by Gasteiger charge is 2.22. The smallest absolute Gasteiger partial charge is 0.275 e. The minimum Gasteiger partial charge on any atom is -0.483 e. The molecule has 7 heteroatoms. The zero-order chi connectivity index (χ0) is 19.3. The van der Waals surface area contributed by atoms with E-state index >= 15 is 0 Å². The van der Waals surface area contributed by atoms with Crippen LogP contribution in [0.15, 0.2) is 47.1 Å². The third-order valence-electron chi connectivity index (χ3n) is 4.84. The summed E-state index contributed by atoms with van der Waals surface area (Å²) in [5.74, 6) is 0.962. The fraction of sp³-hybridized carbons (Fsp3) is 0.381. The number of rotatable bonds is 6. The summed E-state index contributed by atoms with van der Waals surface area (Å²) in [5.41, 5.74) is 1.06. The van der Waals surface area contributed by atoms with E-state index in [9.17, 15) is 4.79 Å². The predicted molar refractivity (Wildman–Crippen MR) is 103 cm³/mol. The van der Waals surface area contributed by atoms with Crippen LogP contribution in [0.1, 0.15) is 35.5 Å². The van der Waals surface area contributed by atoms with Gasteiger partial charge in [0, 0.05) is 37.8 Å². The number of aromatic nitrogens is 2. The zero-order valence-corrected chi connectivity index (χ0v) is 15.8. The summed E-state index contributed by atoms with van der Waals surface area (Å²) in [7, 11) is 1.76. The molecule has 2 aromatic heterocycles. The van der Waals surface area contributed by atoms with Gasteiger partial charge in [-0.2, -0.15) is 0 Å². The molecule has 1 aliphatic heterocycles. The molecule has 1 saturated heterocycles. The minimum atomic E-state index is -0.184. The number of para-hydroxylation sites is 1. The molecule has 7 nitrogen and oxygen atoms in total. The van der Waals surface area contributed by atoms with Crippen molar-refractivity contribution in [1.29, 1.82) is 0 Å². The molecule has 0 spiro atoms. The van der Waals surface area contributed by atoms with Crippen LogP contribution in [-0.4, -0.2) is 47.3 Å². The van der Waals surface area contributed by atoms with Crippen molar-refractivity contribution in [2.24, 2.45) is 0 Å². The van der Waals surface area contributed by atoms with Gasteiger partial charge in [0.15, 0.2) is 11.5 Å². The van der Waals surface area contributed by atoms with Gasteiger partial charge in [-0.3, -0.25) is 9.78 Å². The van der Waals surface area contributed by atoms with E-state index in [0.29, 0.717) is 18.1 Å². The minimum absolute atomic E-state index is 0.0938. The fourth-order valence-electron chi connectivity index (χ4n) is 3.36. The first-order chi connectivity index (χ1) is 13.7. The van der Waals surface area contributed by atoms with E-state index in [0.717, 1.165) is 36.8 Å². The summed E-state index contributed by atoms with van der Waals surface area (Å²) in [6, 6.07) is 11.2. The second-order valence-corrected chi connectivity index (χ2v) is 6.97. The Balaban J connectivity index is 1.37. The van der Waals surface area contributed by atoms with E-state index in [4.69, 9.17) is 14.0 Å². The predicted octanol–water partition coefficient (Wildman–Crippen LogP) is 3.44. The molecule has 0 radical (unpaired) electrons. The van der Waals surface area contributed by atoms with E-state index < -0.39 is 0 Å². The van der Waals surface area contributed by atoms with E-state index in [1.165, 1.54) is 0 Å². The molecule has 28 heavy (non-hydrogen) atoms. The lowest BCUT2D eigenvalue weighted by Crippen LogP contribution is -2.37. The summed E-state index contributed by atoms with van der Waals surface area (Å²) in [6.45, 7) is 1.49. The van der Waals surface area contributed by atoms with Crippen molar-refractivity contribution in [3.63, 3.8) is 0 Å². The highest BCUT2D eigenvalue weighted by molar-refractivity contribution is 5.92. The number of carbonyl (C=O) groups is 1. The van der Waals surface area contributed by atoms with Gasteiger partial charge in [0.25, 0.3) is 5.91 Å². The molecular formula is C21H23N3O4. The first-order valence-corrected chi connectivity index (χ1v) is 9.50. The molecule has 1 unspecified atom stereocenters. The highest BCUT2D eigenvalue weighted by atomic mass is 16.5. The Hall–Kier alpha value is -2.93. The first-order valence-electron chi connectivity index (χ1n) is 9.50. The fourth-order valence-corrected chi connectivity index (χ4v) is 3.36. The molecule has 0 N–H and O–H groups in total. The van der Waals surface area contributed by atoms with Crippen molar-refractivity contribution in [2.75, 3.05) is 20.2 Å². The number of fused-ring (bicyclic) bond motifs is 1. The number of ether oxygens (including phenoxy) is 2. The molecule has 3 heterocycles. The van der Waals surface area contributed by atoms with Crippen LogP contribution in [0.4, 0.5) is 0 Å². The molecule has 146 valence electrons. The first kappa shape index (κ1) is 18.4. The SMILES string of the molecule is CN(CC1CCCCO1)C(=O)c1cc(COc2cccc3cccnc23)on1. The number of benzene rings is 1. The van der Waals surface area contributed by atoms with Crippen LogP contribution in [0.3, 0.4) is 0 Å². The second-order valence-electron chi connectivity index (χ2n) is 6.97. The molecule has 0 bridgehead atoms. The standard InChI is InChI=1S/C21H23N3O4/c1-24(13-16-8-2-3-11-26-16)21(25)18-12-17(28-23-18)14-27-19-9-4-6-15-7-5-10-22-20(15)19/h4-7,9-10,12,16H,2-3,8,11,13-14H2,1H3. The molecule has 4 rings (SSSR count). The lowest BCUT2D eigenvalue weighted by Gasteiger charge is -2.26. The Morgan fingerprint density at radius 1 is 1.29 bits per heavy atom. The lowest BCUT2D eigenvalue weighted by atomic mass is 10.1. The maximum atomic E-state index is 12.6. The number of hydrogen-bond acceptors (Lipinski definition) is 6. The van der Waals surface area contributed by atoms with Gasteiger partial charge < -0.3 is 18.9 Å². The molecule has 1 atom stereocenters. The van der Waals surface area contributed by atoms with Gasteiger partial charge in [0.1, 0.15) is 17.9 Å². The van der Waals surface area contributed by atoms with E-state index in [1.54, 1.807) is 24.2 Å². The van der Waals surface area contributed by atoms with Gasteiger partial charge in [-0.05, 0) is 31.4 Å². The second kappa shape index (κ2) is 8.39.